The van der Waals surface area contributed by atoms with Gasteiger partial charge in [-0.05, 0) is 37.1 Å². The molecule has 2 aromatic carbocycles. The molecule has 0 saturated heterocycles. The quantitative estimate of drug-likeness (QED) is 0.680. The predicted octanol–water partition coefficient (Wildman–Crippen LogP) is 4.76. The van der Waals surface area contributed by atoms with E-state index in [0.717, 1.165) is 16.6 Å². The summed E-state index contributed by atoms with van der Waals surface area (Å²) in [6.07, 6.45) is -0.724. The number of aromatic amines is 1. The number of nitrogens with one attached hydrogen (secondary N) is 2. The average Bonchev–Trinajstić information content (AvgIpc) is 3.13. The number of ether oxygens (including phenoxy) is 1. The molecule has 1 aliphatic rings. The van der Waals surface area contributed by atoms with E-state index in [-0.39, 0.29) is 25.7 Å². The molecule has 3 aromatic rings. The number of H-pyrrole nitrogens is 1. The Hall–Kier alpha value is -2.80. The number of hydrogen-bond donors (Lipinski definition) is 2. The van der Waals surface area contributed by atoms with Crippen LogP contribution in [0, 0.1) is 0 Å². The van der Waals surface area contributed by atoms with E-state index in [0.29, 0.717) is 11.5 Å². The Balaban J connectivity index is 1.55. The lowest BCUT2D eigenvalue weighted by Gasteiger charge is -2.37. The van der Waals surface area contributed by atoms with Gasteiger partial charge in [-0.2, -0.15) is 0 Å². The lowest BCUT2D eigenvalue weighted by atomic mass is 9.81. The monoisotopic (exact) mass is 385 g/mol. The number of halogens is 2. The predicted molar refractivity (Wildman–Crippen MR) is 103 cm³/mol. The number of nitrogens with zero attached hydrogens (tertiary/aromatic N) is 1. The summed E-state index contributed by atoms with van der Waals surface area (Å²) in [4.78, 5) is 20.6. The van der Waals surface area contributed by atoms with E-state index in [9.17, 15) is 13.6 Å². The third-order valence-electron chi connectivity index (χ3n) is 5.38. The Bertz CT molecular complexity index is 973. The van der Waals surface area contributed by atoms with Crippen LogP contribution in [-0.4, -0.2) is 34.5 Å². The van der Waals surface area contributed by atoms with Gasteiger partial charge in [0.25, 0.3) is 5.91 Å². The Morgan fingerprint density at radius 3 is 2.57 bits per heavy atom. The van der Waals surface area contributed by atoms with Crippen LogP contribution in [0.2, 0.25) is 0 Å². The van der Waals surface area contributed by atoms with Crippen LogP contribution in [0.4, 0.5) is 14.5 Å². The summed E-state index contributed by atoms with van der Waals surface area (Å²) >= 11 is 0. The first-order chi connectivity index (χ1) is 13.4. The summed E-state index contributed by atoms with van der Waals surface area (Å²) in [5.74, 6) is -2.44. The van der Waals surface area contributed by atoms with Gasteiger partial charge in [-0.1, -0.05) is 24.3 Å². The molecular formula is C21H21F2N3O2. The van der Waals surface area contributed by atoms with Gasteiger partial charge in [-0.15, -0.1) is 0 Å². The summed E-state index contributed by atoms with van der Waals surface area (Å²) in [6.45, 7) is 0. The van der Waals surface area contributed by atoms with Crippen LogP contribution in [0.1, 0.15) is 25.7 Å². The number of carbonyl (C=O) groups is 1. The van der Waals surface area contributed by atoms with Crippen LogP contribution in [0.15, 0.2) is 48.5 Å². The molecule has 1 amide bonds. The van der Waals surface area contributed by atoms with Gasteiger partial charge < -0.3 is 15.0 Å². The number of carbonyl (C=O) groups excluding carboxylic acids is 1. The number of anilines is 1. The lowest BCUT2D eigenvalue weighted by molar-refractivity contribution is -0.154. The molecule has 2 N–H and O–H groups in total. The zero-order chi connectivity index (χ0) is 19.8. The molecule has 28 heavy (non-hydrogen) atoms. The highest BCUT2D eigenvalue weighted by molar-refractivity contribution is 5.98. The van der Waals surface area contributed by atoms with E-state index < -0.39 is 17.4 Å². The minimum absolute atomic E-state index is 0.00834. The van der Waals surface area contributed by atoms with Crippen LogP contribution in [0.5, 0.6) is 0 Å². The van der Waals surface area contributed by atoms with Crippen molar-refractivity contribution in [3.8, 4) is 11.4 Å². The Morgan fingerprint density at radius 1 is 1.11 bits per heavy atom. The number of alkyl halides is 2. The molecule has 4 rings (SSSR count). The van der Waals surface area contributed by atoms with Crippen molar-refractivity contribution in [2.75, 3.05) is 12.4 Å². The molecule has 0 atom stereocenters. The number of rotatable bonds is 4. The van der Waals surface area contributed by atoms with Crippen molar-refractivity contribution >= 4 is 22.6 Å². The number of amides is 1. The normalized spacial score (nSPS) is 18.1. The number of imidazole rings is 1. The first-order valence-corrected chi connectivity index (χ1v) is 9.20. The van der Waals surface area contributed by atoms with Crippen molar-refractivity contribution in [1.82, 2.24) is 9.97 Å². The van der Waals surface area contributed by atoms with E-state index in [1.807, 2.05) is 36.4 Å². The van der Waals surface area contributed by atoms with Gasteiger partial charge in [-0.3, -0.25) is 4.79 Å². The highest BCUT2D eigenvalue weighted by Crippen LogP contribution is 2.40. The standard InChI is InChI=1S/C21H21F2N3O2/c1-28-20(9-11-21(22,23)12-10-20)19(27)24-15-6-4-5-14(13-15)18-25-16-7-2-3-8-17(16)26-18/h2-8,13H,9-12H2,1H3,(H,24,27)(H,25,26). The first kappa shape index (κ1) is 18.6. The van der Waals surface area contributed by atoms with Crippen LogP contribution in [0.3, 0.4) is 0 Å². The molecule has 5 nitrogen and oxygen atoms in total. The molecule has 0 bridgehead atoms. The molecule has 7 heteroatoms. The second-order valence-electron chi connectivity index (χ2n) is 7.19. The van der Waals surface area contributed by atoms with E-state index in [2.05, 4.69) is 15.3 Å². The lowest BCUT2D eigenvalue weighted by Crippen LogP contribution is -2.49. The highest BCUT2D eigenvalue weighted by Gasteiger charge is 2.48. The zero-order valence-corrected chi connectivity index (χ0v) is 15.5. The van der Waals surface area contributed by atoms with Gasteiger partial charge in [0.15, 0.2) is 0 Å². The largest absolute Gasteiger partial charge is 0.368 e. The van der Waals surface area contributed by atoms with Gasteiger partial charge in [0.05, 0.1) is 11.0 Å². The molecule has 0 radical (unpaired) electrons. The maximum Gasteiger partial charge on any atom is 0.256 e. The number of hydrogen-bond acceptors (Lipinski definition) is 3. The number of para-hydroxylation sites is 2. The number of methoxy groups -OCH3 is 1. The van der Waals surface area contributed by atoms with Crippen LogP contribution in [0.25, 0.3) is 22.4 Å². The molecule has 1 fully saturated rings. The summed E-state index contributed by atoms with van der Waals surface area (Å²) in [5.41, 5.74) is 1.94. The van der Waals surface area contributed by atoms with Crippen molar-refractivity contribution in [2.24, 2.45) is 0 Å². The zero-order valence-electron chi connectivity index (χ0n) is 15.5. The Labute approximate surface area is 161 Å². The maximum atomic E-state index is 13.5. The van der Waals surface area contributed by atoms with Crippen molar-refractivity contribution in [2.45, 2.75) is 37.2 Å². The SMILES string of the molecule is COC1(C(=O)Nc2cccc(-c3nc4ccccc4[nH]3)c2)CCC(F)(F)CC1. The van der Waals surface area contributed by atoms with Crippen LogP contribution < -0.4 is 5.32 Å². The molecule has 146 valence electrons. The van der Waals surface area contributed by atoms with Crippen molar-refractivity contribution in [3.63, 3.8) is 0 Å². The second-order valence-corrected chi connectivity index (χ2v) is 7.19. The highest BCUT2D eigenvalue weighted by atomic mass is 19.3. The van der Waals surface area contributed by atoms with E-state index in [1.54, 1.807) is 12.1 Å². The van der Waals surface area contributed by atoms with E-state index >= 15 is 0 Å². The number of fused-ring (bicyclic) bond motifs is 1. The van der Waals surface area contributed by atoms with Crippen molar-refractivity contribution in [1.29, 1.82) is 0 Å². The number of aromatic nitrogens is 2. The summed E-state index contributed by atoms with van der Waals surface area (Å²) in [6, 6.07) is 15.0. The molecule has 1 heterocycles. The van der Waals surface area contributed by atoms with Gasteiger partial charge in [0, 0.05) is 31.2 Å². The maximum absolute atomic E-state index is 13.5. The molecule has 1 aliphatic carbocycles. The average molecular weight is 385 g/mol. The first-order valence-electron chi connectivity index (χ1n) is 9.20. The molecule has 1 aromatic heterocycles. The van der Waals surface area contributed by atoms with E-state index in [4.69, 9.17) is 4.74 Å². The topological polar surface area (TPSA) is 67.0 Å². The van der Waals surface area contributed by atoms with Crippen LogP contribution >= 0.6 is 0 Å². The fraction of sp³-hybridized carbons (Fsp3) is 0.333. The molecule has 0 unspecified atom stereocenters. The summed E-state index contributed by atoms with van der Waals surface area (Å²) in [7, 11) is 1.40. The van der Waals surface area contributed by atoms with Crippen LogP contribution in [-0.2, 0) is 9.53 Å². The van der Waals surface area contributed by atoms with Gasteiger partial charge in [0.1, 0.15) is 11.4 Å². The van der Waals surface area contributed by atoms with E-state index in [1.165, 1.54) is 7.11 Å². The minimum atomic E-state index is -2.73. The fourth-order valence-electron chi connectivity index (χ4n) is 3.62. The van der Waals surface area contributed by atoms with Crippen molar-refractivity contribution in [3.05, 3.63) is 48.5 Å². The van der Waals surface area contributed by atoms with Gasteiger partial charge in [-0.25, -0.2) is 13.8 Å². The molecular weight excluding hydrogens is 364 g/mol. The molecule has 0 spiro atoms. The van der Waals surface area contributed by atoms with Crippen molar-refractivity contribution < 1.29 is 18.3 Å². The summed E-state index contributed by atoms with van der Waals surface area (Å²) in [5, 5.41) is 2.82. The fourth-order valence-corrected chi connectivity index (χ4v) is 3.62. The minimum Gasteiger partial charge on any atom is -0.368 e. The Morgan fingerprint density at radius 2 is 1.86 bits per heavy atom. The smallest absolute Gasteiger partial charge is 0.256 e. The third kappa shape index (κ3) is 3.49. The van der Waals surface area contributed by atoms with Gasteiger partial charge in [0.2, 0.25) is 5.92 Å². The molecule has 0 aliphatic heterocycles. The van der Waals surface area contributed by atoms with Gasteiger partial charge >= 0.3 is 0 Å². The third-order valence-corrected chi connectivity index (χ3v) is 5.38. The second kappa shape index (κ2) is 6.98. The number of benzene rings is 2. The molecule has 1 saturated carbocycles. The summed E-state index contributed by atoms with van der Waals surface area (Å²) < 4.78 is 32.4. The Kier molecular flexibility index (Phi) is 4.63.